The van der Waals surface area contributed by atoms with Crippen LogP contribution in [0, 0.1) is 5.92 Å². The van der Waals surface area contributed by atoms with Gasteiger partial charge >= 0.3 is 6.03 Å². The van der Waals surface area contributed by atoms with Gasteiger partial charge in [-0.25, -0.2) is 4.79 Å². The number of carbonyl (C=O) groups excluding carboxylic acids is 1. The number of methoxy groups -OCH3 is 1. The van der Waals surface area contributed by atoms with Gasteiger partial charge in [-0.2, -0.15) is 0 Å². The highest BCUT2D eigenvalue weighted by molar-refractivity contribution is 7.18. The third-order valence-electron chi connectivity index (χ3n) is 3.74. The molecule has 8 heteroatoms. The van der Waals surface area contributed by atoms with Gasteiger partial charge in [-0.15, -0.1) is 10.2 Å². The molecule has 2 aromatic heterocycles. The van der Waals surface area contributed by atoms with E-state index in [1.807, 2.05) is 24.3 Å². The number of aromatic nitrogens is 3. The van der Waals surface area contributed by atoms with Crippen LogP contribution in [0.4, 0.5) is 15.6 Å². The standard InChI is InChI=1S/C19H21N5O2S/c1-12(2)10-13-4-6-14(7-5-13)21-18(25)22-19-24-23-17(27-19)15-8-9-20-11-16(15)26-3/h4-9,11-12H,10H2,1-3H3,(H2,21,22,24,25). The van der Waals surface area contributed by atoms with Gasteiger partial charge < -0.3 is 10.1 Å². The predicted molar refractivity (Wildman–Crippen MR) is 107 cm³/mol. The fraction of sp³-hybridized carbons (Fsp3) is 0.263. The SMILES string of the molecule is COc1cnccc1-c1nnc(NC(=O)Nc2ccc(CC(C)C)cc2)s1. The first-order chi connectivity index (χ1) is 13.0. The average molecular weight is 383 g/mol. The Kier molecular flexibility index (Phi) is 5.97. The van der Waals surface area contributed by atoms with Crippen molar-refractivity contribution in [2.75, 3.05) is 17.7 Å². The summed E-state index contributed by atoms with van der Waals surface area (Å²) in [5.74, 6) is 1.20. The molecule has 2 N–H and O–H groups in total. The molecule has 0 fully saturated rings. The van der Waals surface area contributed by atoms with Crippen molar-refractivity contribution in [1.29, 1.82) is 0 Å². The van der Waals surface area contributed by atoms with E-state index in [1.165, 1.54) is 16.9 Å². The molecule has 2 amide bonds. The number of hydrogen-bond donors (Lipinski definition) is 2. The van der Waals surface area contributed by atoms with Gasteiger partial charge in [0.25, 0.3) is 0 Å². The molecule has 0 radical (unpaired) electrons. The summed E-state index contributed by atoms with van der Waals surface area (Å²) in [6, 6.07) is 9.26. The lowest BCUT2D eigenvalue weighted by molar-refractivity contribution is 0.262. The minimum Gasteiger partial charge on any atom is -0.494 e. The van der Waals surface area contributed by atoms with Crippen molar-refractivity contribution < 1.29 is 9.53 Å². The summed E-state index contributed by atoms with van der Waals surface area (Å²) in [6.07, 6.45) is 4.28. The van der Waals surface area contributed by atoms with Crippen LogP contribution in [0.2, 0.25) is 0 Å². The third kappa shape index (κ3) is 5.01. The molecule has 0 bridgehead atoms. The zero-order chi connectivity index (χ0) is 19.2. The van der Waals surface area contributed by atoms with E-state index in [0.29, 0.717) is 21.8 Å². The average Bonchev–Trinajstić information content (AvgIpc) is 3.11. The summed E-state index contributed by atoms with van der Waals surface area (Å²) in [4.78, 5) is 16.2. The molecule has 2 heterocycles. The summed E-state index contributed by atoms with van der Waals surface area (Å²) in [5.41, 5.74) is 2.75. The largest absolute Gasteiger partial charge is 0.494 e. The van der Waals surface area contributed by atoms with E-state index in [9.17, 15) is 4.79 Å². The second-order valence-electron chi connectivity index (χ2n) is 6.36. The van der Waals surface area contributed by atoms with E-state index in [2.05, 4.69) is 39.7 Å². The number of rotatable bonds is 6. The summed E-state index contributed by atoms with van der Waals surface area (Å²) in [5, 5.41) is 14.7. The maximum atomic E-state index is 12.2. The van der Waals surface area contributed by atoms with E-state index in [0.717, 1.165) is 17.7 Å². The van der Waals surface area contributed by atoms with Crippen molar-refractivity contribution in [2.24, 2.45) is 5.92 Å². The highest BCUT2D eigenvalue weighted by Crippen LogP contribution is 2.32. The Hall–Kier alpha value is -3.00. The molecule has 0 saturated carbocycles. The van der Waals surface area contributed by atoms with E-state index in [4.69, 9.17) is 4.74 Å². The van der Waals surface area contributed by atoms with Crippen LogP contribution in [0.5, 0.6) is 5.75 Å². The number of benzene rings is 1. The van der Waals surface area contributed by atoms with Crippen molar-refractivity contribution in [3.05, 3.63) is 48.3 Å². The minimum atomic E-state index is -0.365. The van der Waals surface area contributed by atoms with Crippen molar-refractivity contribution in [3.63, 3.8) is 0 Å². The first-order valence-electron chi connectivity index (χ1n) is 8.54. The molecule has 0 unspecified atom stereocenters. The van der Waals surface area contributed by atoms with Crippen LogP contribution in [0.3, 0.4) is 0 Å². The van der Waals surface area contributed by atoms with Crippen molar-refractivity contribution in [2.45, 2.75) is 20.3 Å². The van der Waals surface area contributed by atoms with E-state index >= 15 is 0 Å². The molecular weight excluding hydrogens is 362 g/mol. The Bertz CT molecular complexity index is 908. The lowest BCUT2D eigenvalue weighted by Crippen LogP contribution is -2.19. The number of ether oxygens (including phenoxy) is 1. The van der Waals surface area contributed by atoms with Crippen molar-refractivity contribution in [3.8, 4) is 16.3 Å². The van der Waals surface area contributed by atoms with Gasteiger partial charge in [-0.3, -0.25) is 10.3 Å². The van der Waals surface area contributed by atoms with Crippen molar-refractivity contribution >= 4 is 28.2 Å². The summed E-state index contributed by atoms with van der Waals surface area (Å²) in [7, 11) is 1.57. The van der Waals surface area contributed by atoms with Crippen LogP contribution in [0.1, 0.15) is 19.4 Å². The molecule has 1 aromatic carbocycles. The second-order valence-corrected chi connectivity index (χ2v) is 7.34. The van der Waals surface area contributed by atoms with Crippen molar-refractivity contribution in [1.82, 2.24) is 15.2 Å². The van der Waals surface area contributed by atoms with Gasteiger partial charge in [0.2, 0.25) is 5.13 Å². The van der Waals surface area contributed by atoms with Crippen LogP contribution in [-0.2, 0) is 6.42 Å². The molecule has 140 valence electrons. The molecule has 0 spiro atoms. The van der Waals surface area contributed by atoms with E-state index in [1.54, 1.807) is 25.6 Å². The van der Waals surface area contributed by atoms with E-state index < -0.39 is 0 Å². The zero-order valence-corrected chi connectivity index (χ0v) is 16.2. The molecular formula is C19H21N5O2S. The first kappa shape index (κ1) is 18.8. The molecule has 0 aliphatic rings. The molecule has 3 aromatic rings. The number of carbonyl (C=O) groups is 1. The normalized spacial score (nSPS) is 10.7. The van der Waals surface area contributed by atoms with Gasteiger partial charge in [-0.1, -0.05) is 37.3 Å². The Labute approximate surface area is 161 Å². The maximum Gasteiger partial charge on any atom is 0.325 e. The fourth-order valence-corrected chi connectivity index (χ4v) is 3.33. The lowest BCUT2D eigenvalue weighted by Gasteiger charge is -2.08. The number of urea groups is 1. The van der Waals surface area contributed by atoms with Gasteiger partial charge in [0.05, 0.1) is 18.9 Å². The van der Waals surface area contributed by atoms with Gasteiger partial charge in [-0.05, 0) is 36.1 Å². The molecule has 3 rings (SSSR count). The minimum absolute atomic E-state index is 0.365. The number of hydrogen-bond acceptors (Lipinski definition) is 6. The first-order valence-corrected chi connectivity index (χ1v) is 9.35. The Morgan fingerprint density at radius 2 is 1.93 bits per heavy atom. The number of nitrogens with one attached hydrogen (secondary N) is 2. The summed E-state index contributed by atoms with van der Waals surface area (Å²) >= 11 is 1.26. The smallest absolute Gasteiger partial charge is 0.325 e. The lowest BCUT2D eigenvalue weighted by atomic mass is 10.0. The number of anilines is 2. The van der Waals surface area contributed by atoms with Crippen LogP contribution in [0.15, 0.2) is 42.7 Å². The summed E-state index contributed by atoms with van der Waals surface area (Å²) < 4.78 is 5.28. The zero-order valence-electron chi connectivity index (χ0n) is 15.4. The van der Waals surface area contributed by atoms with E-state index in [-0.39, 0.29) is 6.03 Å². The Morgan fingerprint density at radius 3 is 2.63 bits per heavy atom. The van der Waals surface area contributed by atoms with Gasteiger partial charge in [0.1, 0.15) is 5.75 Å². The molecule has 0 saturated heterocycles. The van der Waals surface area contributed by atoms with Crippen LogP contribution < -0.4 is 15.4 Å². The number of nitrogens with zero attached hydrogens (tertiary/aromatic N) is 3. The van der Waals surface area contributed by atoms with Gasteiger partial charge in [0, 0.05) is 11.9 Å². The second kappa shape index (κ2) is 8.59. The van der Waals surface area contributed by atoms with Crippen LogP contribution in [-0.4, -0.2) is 28.3 Å². The quantitative estimate of drug-likeness (QED) is 0.656. The highest BCUT2D eigenvalue weighted by atomic mass is 32.1. The Balaban J connectivity index is 1.62. The molecule has 7 nitrogen and oxygen atoms in total. The third-order valence-corrected chi connectivity index (χ3v) is 4.61. The number of amides is 2. The number of pyridine rings is 1. The monoisotopic (exact) mass is 383 g/mol. The Morgan fingerprint density at radius 1 is 1.15 bits per heavy atom. The predicted octanol–water partition coefficient (Wildman–Crippen LogP) is 4.45. The van der Waals surface area contributed by atoms with Crippen LogP contribution >= 0.6 is 11.3 Å². The highest BCUT2D eigenvalue weighted by Gasteiger charge is 2.13. The topological polar surface area (TPSA) is 89.0 Å². The molecule has 0 aliphatic heterocycles. The van der Waals surface area contributed by atoms with Gasteiger partial charge in [0.15, 0.2) is 5.01 Å². The van der Waals surface area contributed by atoms with Crippen LogP contribution in [0.25, 0.3) is 10.6 Å². The molecule has 27 heavy (non-hydrogen) atoms. The molecule has 0 aliphatic carbocycles. The summed E-state index contributed by atoms with van der Waals surface area (Å²) in [6.45, 7) is 4.36. The fourth-order valence-electron chi connectivity index (χ4n) is 2.56. The molecule has 0 atom stereocenters. The maximum absolute atomic E-state index is 12.2.